The number of carbonyl (C=O) groups is 1. The van der Waals surface area contributed by atoms with Gasteiger partial charge >= 0.3 is 0 Å². The summed E-state index contributed by atoms with van der Waals surface area (Å²) in [5.74, 6) is 0.268. The van der Waals surface area contributed by atoms with Crippen molar-refractivity contribution < 1.29 is 14.3 Å². The van der Waals surface area contributed by atoms with Crippen molar-refractivity contribution >= 4 is 17.4 Å². The molecule has 2 aromatic rings. The fraction of sp³-hybridized carbons (Fsp3) is 0.294. The number of nitrogens with zero attached hydrogens (tertiary/aromatic N) is 1. The summed E-state index contributed by atoms with van der Waals surface area (Å²) in [6.45, 7) is 5.74. The third-order valence-corrected chi connectivity index (χ3v) is 3.34. The number of nitrogens with one attached hydrogen (secondary N) is 1. The molecule has 0 amide bonds. The van der Waals surface area contributed by atoms with Crippen LogP contribution < -0.4 is 10.5 Å². The van der Waals surface area contributed by atoms with Crippen LogP contribution in [0.5, 0.6) is 0 Å². The Morgan fingerprint density at radius 3 is 2.59 bits per heavy atom. The fourth-order valence-electron chi connectivity index (χ4n) is 2.09. The highest BCUT2D eigenvalue weighted by Gasteiger charge is 2.10. The number of carboxylic acids is 1. The van der Waals surface area contributed by atoms with Crippen molar-refractivity contribution in [1.82, 2.24) is 0 Å². The number of furan rings is 1. The number of aliphatic carboxylic acids is 1. The zero-order valence-corrected chi connectivity index (χ0v) is 13.0. The number of aryl methyl sites for hydroxylation is 3. The summed E-state index contributed by atoms with van der Waals surface area (Å²) in [5, 5.41) is 14.8. The van der Waals surface area contributed by atoms with E-state index in [1.165, 1.54) is 5.56 Å². The van der Waals surface area contributed by atoms with Crippen LogP contribution in [0.2, 0.25) is 0 Å². The molecule has 0 aliphatic heterocycles. The van der Waals surface area contributed by atoms with Gasteiger partial charge in [0.25, 0.3) is 0 Å². The van der Waals surface area contributed by atoms with E-state index in [1.807, 2.05) is 51.1 Å². The van der Waals surface area contributed by atoms with Crippen molar-refractivity contribution in [2.45, 2.75) is 33.6 Å². The molecular weight excluding hydrogens is 280 g/mol. The molecule has 22 heavy (non-hydrogen) atoms. The Bertz CT molecular complexity index is 684. The van der Waals surface area contributed by atoms with Gasteiger partial charge in [-0.05, 0) is 45.4 Å². The van der Waals surface area contributed by atoms with Crippen LogP contribution in [-0.4, -0.2) is 11.7 Å². The predicted octanol–water partition coefficient (Wildman–Crippen LogP) is 2.42. The largest absolute Gasteiger partial charge is 0.550 e. The molecule has 116 valence electrons. The van der Waals surface area contributed by atoms with Crippen molar-refractivity contribution in [2.75, 3.05) is 5.43 Å². The predicted molar refractivity (Wildman–Crippen MR) is 83.8 cm³/mol. The number of benzene rings is 1. The molecule has 5 heteroatoms. The van der Waals surface area contributed by atoms with E-state index < -0.39 is 5.97 Å². The Morgan fingerprint density at radius 2 is 1.95 bits per heavy atom. The van der Waals surface area contributed by atoms with Crippen LogP contribution in [0.3, 0.4) is 0 Å². The lowest BCUT2D eigenvalue weighted by Gasteiger charge is -2.03. The van der Waals surface area contributed by atoms with Crippen LogP contribution in [0.1, 0.15) is 36.0 Å². The molecule has 0 aliphatic carbocycles. The van der Waals surface area contributed by atoms with Gasteiger partial charge in [0.2, 0.25) is 0 Å². The van der Waals surface area contributed by atoms with Gasteiger partial charge in [0.15, 0.2) is 0 Å². The minimum absolute atomic E-state index is 0.0514. The highest BCUT2D eigenvalue weighted by molar-refractivity contribution is 6.00. The lowest BCUT2D eigenvalue weighted by atomic mass is 10.1. The molecular formula is C17H19N2O3-. The quantitative estimate of drug-likeness (QED) is 0.656. The number of hydrogen-bond donors (Lipinski definition) is 1. The Morgan fingerprint density at radius 1 is 1.27 bits per heavy atom. The Hall–Kier alpha value is -2.56. The minimum Gasteiger partial charge on any atom is -0.550 e. The lowest BCUT2D eigenvalue weighted by Crippen LogP contribution is -2.22. The van der Waals surface area contributed by atoms with E-state index in [2.05, 4.69) is 10.5 Å². The van der Waals surface area contributed by atoms with Crippen LogP contribution >= 0.6 is 0 Å². The van der Waals surface area contributed by atoms with Crippen molar-refractivity contribution in [1.29, 1.82) is 0 Å². The molecule has 5 nitrogen and oxygen atoms in total. The van der Waals surface area contributed by atoms with E-state index in [9.17, 15) is 9.90 Å². The molecule has 0 aliphatic rings. The molecule has 1 aromatic carbocycles. The van der Waals surface area contributed by atoms with Crippen molar-refractivity contribution in [3.05, 3.63) is 53.0 Å². The highest BCUT2D eigenvalue weighted by Crippen LogP contribution is 2.17. The summed E-state index contributed by atoms with van der Waals surface area (Å²) < 4.78 is 5.55. The third kappa shape index (κ3) is 4.22. The monoisotopic (exact) mass is 299 g/mol. The molecule has 0 radical (unpaired) electrons. The standard InChI is InChI=1S/C17H20N2O3/c1-11-4-6-14(7-5-11)19-18-12(2)16-10-15(22-13(16)3)8-9-17(20)21/h4-7,10,19H,8-9H2,1-3H3,(H,20,21)/p-1/b18-12-. The first-order chi connectivity index (χ1) is 10.5. The smallest absolute Gasteiger partial charge is 0.110 e. The number of rotatable bonds is 6. The van der Waals surface area contributed by atoms with E-state index in [1.54, 1.807) is 0 Å². The van der Waals surface area contributed by atoms with Crippen LogP contribution in [-0.2, 0) is 11.2 Å². The third-order valence-electron chi connectivity index (χ3n) is 3.34. The zero-order valence-electron chi connectivity index (χ0n) is 13.0. The second-order valence-electron chi connectivity index (χ2n) is 5.23. The lowest BCUT2D eigenvalue weighted by molar-refractivity contribution is -0.305. The van der Waals surface area contributed by atoms with Gasteiger partial charge in [-0.1, -0.05) is 17.7 Å². The van der Waals surface area contributed by atoms with Crippen molar-refractivity contribution in [3.63, 3.8) is 0 Å². The second-order valence-corrected chi connectivity index (χ2v) is 5.23. The number of hydrazone groups is 1. The maximum absolute atomic E-state index is 10.5. The molecule has 1 N–H and O–H groups in total. The van der Waals surface area contributed by atoms with E-state index in [4.69, 9.17) is 4.42 Å². The second kappa shape index (κ2) is 6.93. The number of anilines is 1. The van der Waals surface area contributed by atoms with Gasteiger partial charge in [-0.25, -0.2) is 0 Å². The number of carboxylic acid groups (broad SMARTS) is 1. The van der Waals surface area contributed by atoms with Gasteiger partial charge in [0.05, 0.1) is 11.4 Å². The molecule has 2 rings (SSSR count). The summed E-state index contributed by atoms with van der Waals surface area (Å²) in [7, 11) is 0. The summed E-state index contributed by atoms with van der Waals surface area (Å²) in [6.07, 6.45) is 0.270. The molecule has 0 bridgehead atoms. The molecule has 1 aromatic heterocycles. The SMILES string of the molecule is C/C(=N/Nc1ccc(C)cc1)c1cc(CCC(=O)[O-])oc1C. The molecule has 0 unspecified atom stereocenters. The molecule has 0 saturated heterocycles. The van der Waals surface area contributed by atoms with E-state index >= 15 is 0 Å². The Kier molecular flexibility index (Phi) is 4.99. The summed E-state index contributed by atoms with van der Waals surface area (Å²) >= 11 is 0. The van der Waals surface area contributed by atoms with E-state index in [-0.39, 0.29) is 6.42 Å². The topological polar surface area (TPSA) is 77.7 Å². The zero-order chi connectivity index (χ0) is 16.1. The first-order valence-corrected chi connectivity index (χ1v) is 7.12. The Labute approximate surface area is 129 Å². The fourth-order valence-corrected chi connectivity index (χ4v) is 2.09. The van der Waals surface area contributed by atoms with Crippen LogP contribution in [0, 0.1) is 13.8 Å². The van der Waals surface area contributed by atoms with Crippen LogP contribution in [0.15, 0.2) is 39.9 Å². The van der Waals surface area contributed by atoms with Gasteiger partial charge in [0, 0.05) is 18.0 Å². The average molecular weight is 299 g/mol. The minimum atomic E-state index is -1.08. The summed E-state index contributed by atoms with van der Waals surface area (Å²) in [4.78, 5) is 10.5. The highest BCUT2D eigenvalue weighted by atomic mass is 16.4. The Balaban J connectivity index is 2.07. The van der Waals surface area contributed by atoms with Gasteiger partial charge in [0.1, 0.15) is 11.5 Å². The van der Waals surface area contributed by atoms with Crippen molar-refractivity contribution in [2.24, 2.45) is 5.10 Å². The average Bonchev–Trinajstić information content (AvgIpc) is 2.85. The molecule has 0 saturated carbocycles. The molecule has 0 fully saturated rings. The molecule has 1 heterocycles. The van der Waals surface area contributed by atoms with Gasteiger partial charge in [-0.15, -0.1) is 0 Å². The maximum Gasteiger partial charge on any atom is 0.110 e. The number of hydrogen-bond acceptors (Lipinski definition) is 5. The van der Waals surface area contributed by atoms with Gasteiger partial charge in [-0.2, -0.15) is 5.10 Å². The van der Waals surface area contributed by atoms with Crippen molar-refractivity contribution in [3.8, 4) is 0 Å². The van der Waals surface area contributed by atoms with Crippen LogP contribution in [0.25, 0.3) is 0 Å². The summed E-state index contributed by atoms with van der Waals surface area (Å²) in [5.41, 5.74) is 6.74. The summed E-state index contributed by atoms with van der Waals surface area (Å²) in [6, 6.07) is 9.76. The molecule has 0 atom stereocenters. The van der Waals surface area contributed by atoms with E-state index in [0.29, 0.717) is 12.2 Å². The first kappa shape index (κ1) is 15.8. The van der Waals surface area contributed by atoms with E-state index in [0.717, 1.165) is 22.7 Å². The van der Waals surface area contributed by atoms with Gasteiger partial charge in [-0.3, -0.25) is 5.43 Å². The maximum atomic E-state index is 10.5. The number of carbonyl (C=O) groups excluding carboxylic acids is 1. The van der Waals surface area contributed by atoms with Gasteiger partial charge < -0.3 is 14.3 Å². The molecule has 0 spiro atoms. The first-order valence-electron chi connectivity index (χ1n) is 7.12. The normalized spacial score (nSPS) is 11.5. The van der Waals surface area contributed by atoms with Crippen LogP contribution in [0.4, 0.5) is 5.69 Å².